The molecule has 0 fully saturated rings. The Bertz CT molecular complexity index is 1340. The number of amides is 2. The van der Waals surface area contributed by atoms with Crippen LogP contribution in [0.2, 0.25) is 0 Å². The van der Waals surface area contributed by atoms with E-state index in [1.165, 1.54) is 17.0 Å². The molecule has 3 rings (SSSR count). The molecule has 0 radical (unpaired) electrons. The van der Waals surface area contributed by atoms with Crippen LogP contribution in [0, 0.1) is 6.92 Å². The van der Waals surface area contributed by atoms with Crippen molar-refractivity contribution in [2.75, 3.05) is 17.4 Å². The van der Waals surface area contributed by atoms with E-state index >= 15 is 0 Å². The van der Waals surface area contributed by atoms with Gasteiger partial charge < -0.3 is 10.2 Å². The van der Waals surface area contributed by atoms with E-state index < -0.39 is 28.5 Å². The molecular weight excluding hydrogens is 510 g/mol. The molecule has 0 saturated carbocycles. The third-order valence-electron chi connectivity index (χ3n) is 6.61. The van der Waals surface area contributed by atoms with Gasteiger partial charge in [0.05, 0.1) is 10.6 Å². The monoisotopic (exact) mass is 549 g/mol. The molecule has 0 aliphatic heterocycles. The van der Waals surface area contributed by atoms with Gasteiger partial charge in [0.25, 0.3) is 10.0 Å². The van der Waals surface area contributed by atoms with E-state index in [2.05, 4.69) is 5.32 Å². The quantitative estimate of drug-likeness (QED) is 0.322. The average Bonchev–Trinajstić information content (AvgIpc) is 2.95. The smallest absolute Gasteiger partial charge is 0.264 e. The Kier molecular flexibility index (Phi) is 10.7. The van der Waals surface area contributed by atoms with Crippen molar-refractivity contribution in [3.8, 4) is 0 Å². The van der Waals surface area contributed by atoms with Crippen LogP contribution in [0.1, 0.15) is 50.3 Å². The van der Waals surface area contributed by atoms with Crippen molar-refractivity contribution in [2.45, 2.75) is 64.4 Å². The molecule has 39 heavy (non-hydrogen) atoms. The van der Waals surface area contributed by atoms with Crippen molar-refractivity contribution in [3.05, 3.63) is 95.6 Å². The summed E-state index contributed by atoms with van der Waals surface area (Å²) in [5.41, 5.74) is 3.35. The number of carbonyl (C=O) groups excluding carboxylic acids is 2. The first-order valence-electron chi connectivity index (χ1n) is 13.5. The van der Waals surface area contributed by atoms with Crippen molar-refractivity contribution in [2.24, 2.45) is 0 Å². The Hall–Kier alpha value is -3.65. The Morgan fingerprint density at radius 3 is 2.15 bits per heavy atom. The van der Waals surface area contributed by atoms with E-state index in [0.717, 1.165) is 33.8 Å². The molecule has 0 aromatic heterocycles. The van der Waals surface area contributed by atoms with Crippen LogP contribution in [0.15, 0.2) is 83.8 Å². The molecule has 1 atom stereocenters. The number of nitrogens with one attached hydrogen (secondary N) is 1. The van der Waals surface area contributed by atoms with Crippen molar-refractivity contribution >= 4 is 27.5 Å². The number of benzene rings is 3. The second kappa shape index (κ2) is 13.9. The predicted octanol–water partition coefficient (Wildman–Crippen LogP) is 5.09. The SMILES string of the molecule is CCCNC(=O)[C@H](CC)N(Cc1cccc(C)c1)C(=O)CN(c1ccc(CC)cc1)S(=O)(=O)c1ccccc1. The Morgan fingerprint density at radius 1 is 0.872 bits per heavy atom. The van der Waals surface area contributed by atoms with E-state index in [-0.39, 0.29) is 17.3 Å². The van der Waals surface area contributed by atoms with Gasteiger partial charge in [-0.05, 0) is 61.6 Å². The van der Waals surface area contributed by atoms with Crippen LogP contribution >= 0.6 is 0 Å². The molecule has 1 N–H and O–H groups in total. The average molecular weight is 550 g/mol. The minimum Gasteiger partial charge on any atom is -0.354 e. The van der Waals surface area contributed by atoms with Gasteiger partial charge >= 0.3 is 0 Å². The highest BCUT2D eigenvalue weighted by molar-refractivity contribution is 7.92. The first kappa shape index (κ1) is 29.9. The van der Waals surface area contributed by atoms with Crippen molar-refractivity contribution in [1.82, 2.24) is 10.2 Å². The van der Waals surface area contributed by atoms with E-state index in [1.807, 2.05) is 64.1 Å². The van der Waals surface area contributed by atoms with Gasteiger partial charge in [-0.25, -0.2) is 8.42 Å². The van der Waals surface area contributed by atoms with Crippen LogP contribution in [0.25, 0.3) is 0 Å². The first-order chi connectivity index (χ1) is 18.7. The lowest BCUT2D eigenvalue weighted by Crippen LogP contribution is -2.52. The van der Waals surface area contributed by atoms with Crippen molar-refractivity contribution < 1.29 is 18.0 Å². The largest absolute Gasteiger partial charge is 0.354 e. The number of nitrogens with zero attached hydrogens (tertiary/aromatic N) is 2. The van der Waals surface area contributed by atoms with Crippen LogP contribution in [-0.2, 0) is 32.6 Å². The van der Waals surface area contributed by atoms with E-state index in [9.17, 15) is 18.0 Å². The van der Waals surface area contributed by atoms with Crippen LogP contribution in [0.4, 0.5) is 5.69 Å². The summed E-state index contributed by atoms with van der Waals surface area (Å²) in [5, 5.41) is 2.90. The van der Waals surface area contributed by atoms with Crippen molar-refractivity contribution in [1.29, 1.82) is 0 Å². The number of hydrogen-bond acceptors (Lipinski definition) is 4. The molecule has 2 amide bonds. The van der Waals surface area contributed by atoms with Crippen LogP contribution in [0.5, 0.6) is 0 Å². The summed E-state index contributed by atoms with van der Waals surface area (Å²) in [5.74, 6) is -0.695. The van der Waals surface area contributed by atoms with Crippen LogP contribution < -0.4 is 9.62 Å². The van der Waals surface area contributed by atoms with Gasteiger partial charge in [0.2, 0.25) is 11.8 Å². The second-order valence-electron chi connectivity index (χ2n) is 9.57. The predicted molar refractivity (Wildman–Crippen MR) is 156 cm³/mol. The second-order valence-corrected chi connectivity index (χ2v) is 11.4. The molecule has 0 aliphatic rings. The van der Waals surface area contributed by atoms with Gasteiger partial charge in [0.15, 0.2) is 0 Å². The highest BCUT2D eigenvalue weighted by Gasteiger charge is 2.33. The third-order valence-corrected chi connectivity index (χ3v) is 8.40. The number of hydrogen-bond donors (Lipinski definition) is 1. The summed E-state index contributed by atoms with van der Waals surface area (Å²) in [6.07, 6.45) is 1.97. The lowest BCUT2D eigenvalue weighted by Gasteiger charge is -2.33. The van der Waals surface area contributed by atoms with E-state index in [4.69, 9.17) is 0 Å². The summed E-state index contributed by atoms with van der Waals surface area (Å²) in [4.78, 5) is 28.8. The maximum atomic E-state index is 14.0. The van der Waals surface area contributed by atoms with Gasteiger partial charge in [-0.1, -0.05) is 80.9 Å². The maximum Gasteiger partial charge on any atom is 0.264 e. The fourth-order valence-corrected chi connectivity index (χ4v) is 5.87. The van der Waals surface area contributed by atoms with E-state index in [0.29, 0.717) is 18.7 Å². The lowest BCUT2D eigenvalue weighted by molar-refractivity contribution is -0.140. The van der Waals surface area contributed by atoms with Gasteiger partial charge in [-0.2, -0.15) is 0 Å². The Labute approximate surface area is 232 Å². The summed E-state index contributed by atoms with van der Waals surface area (Å²) < 4.78 is 28.8. The van der Waals surface area contributed by atoms with Gasteiger partial charge in [-0.15, -0.1) is 0 Å². The molecule has 0 bridgehead atoms. The molecule has 0 aliphatic carbocycles. The zero-order valence-electron chi connectivity index (χ0n) is 23.3. The first-order valence-corrected chi connectivity index (χ1v) is 14.9. The third kappa shape index (κ3) is 7.69. The molecule has 0 heterocycles. The molecule has 0 saturated heterocycles. The molecule has 0 unspecified atom stereocenters. The molecule has 0 spiro atoms. The highest BCUT2D eigenvalue weighted by atomic mass is 32.2. The lowest BCUT2D eigenvalue weighted by atomic mass is 10.1. The molecule has 3 aromatic carbocycles. The van der Waals surface area contributed by atoms with Gasteiger partial charge in [0, 0.05) is 13.1 Å². The molecule has 7 nitrogen and oxygen atoms in total. The number of carbonyl (C=O) groups is 2. The number of aryl methyl sites for hydroxylation is 2. The number of sulfonamides is 1. The molecule has 208 valence electrons. The molecule has 8 heteroatoms. The Balaban J connectivity index is 2.04. The van der Waals surface area contributed by atoms with Crippen LogP contribution in [-0.4, -0.2) is 44.3 Å². The zero-order chi connectivity index (χ0) is 28.4. The standard InChI is InChI=1S/C31H39N3O4S/c1-5-20-32-31(36)29(7-3)33(22-26-13-11-12-24(4)21-26)30(35)23-34(27-18-16-25(6-2)17-19-27)39(37,38)28-14-9-8-10-15-28/h8-19,21,29H,5-7,20,22-23H2,1-4H3,(H,32,36)/t29-/m0/s1. The zero-order valence-corrected chi connectivity index (χ0v) is 24.1. The number of anilines is 1. The highest BCUT2D eigenvalue weighted by Crippen LogP contribution is 2.25. The summed E-state index contributed by atoms with van der Waals surface area (Å²) in [7, 11) is -4.06. The van der Waals surface area contributed by atoms with Crippen molar-refractivity contribution in [3.63, 3.8) is 0 Å². The fourth-order valence-electron chi connectivity index (χ4n) is 4.44. The van der Waals surface area contributed by atoms with Gasteiger partial charge in [-0.3, -0.25) is 13.9 Å². The summed E-state index contributed by atoms with van der Waals surface area (Å²) in [6.45, 7) is 8.06. The van der Waals surface area contributed by atoms with E-state index in [1.54, 1.807) is 30.3 Å². The molecule has 3 aromatic rings. The Morgan fingerprint density at radius 2 is 1.56 bits per heavy atom. The topological polar surface area (TPSA) is 86.8 Å². The normalized spacial score (nSPS) is 12.0. The molecular formula is C31H39N3O4S. The minimum absolute atomic E-state index is 0.0929. The summed E-state index contributed by atoms with van der Waals surface area (Å²) >= 11 is 0. The minimum atomic E-state index is -4.06. The maximum absolute atomic E-state index is 14.0. The van der Waals surface area contributed by atoms with Crippen LogP contribution in [0.3, 0.4) is 0 Å². The number of rotatable bonds is 13. The fraction of sp³-hybridized carbons (Fsp3) is 0.355. The summed E-state index contributed by atoms with van der Waals surface area (Å²) in [6, 6.07) is 22.3. The van der Waals surface area contributed by atoms with Gasteiger partial charge in [0.1, 0.15) is 12.6 Å².